The average molecular weight is 402 g/mol. The first-order chi connectivity index (χ1) is 13.0. The number of hydrogen-bond acceptors (Lipinski definition) is 5. The highest BCUT2D eigenvalue weighted by Crippen LogP contribution is 2.26. The number of hydrogen-bond donors (Lipinski definition) is 2. The highest BCUT2D eigenvalue weighted by Gasteiger charge is 2.32. The molecule has 1 fully saturated rings. The van der Waals surface area contributed by atoms with Gasteiger partial charge in [-0.15, -0.1) is 0 Å². The van der Waals surface area contributed by atoms with Crippen LogP contribution in [-0.4, -0.2) is 35.1 Å². The minimum atomic E-state index is -0.552. The molecule has 0 aromatic heterocycles. The van der Waals surface area contributed by atoms with E-state index in [-0.39, 0.29) is 24.0 Å². The van der Waals surface area contributed by atoms with Gasteiger partial charge in [-0.2, -0.15) is 0 Å². The van der Waals surface area contributed by atoms with Crippen LogP contribution in [0.5, 0.6) is 0 Å². The Morgan fingerprint density at radius 1 is 1.22 bits per heavy atom. The van der Waals surface area contributed by atoms with E-state index in [9.17, 15) is 14.4 Å². The minimum absolute atomic E-state index is 0.0306. The predicted octanol–water partition coefficient (Wildman–Crippen LogP) is 3.12. The van der Waals surface area contributed by atoms with E-state index in [1.165, 1.54) is 17.8 Å². The molecule has 6 nitrogen and oxygen atoms in total. The van der Waals surface area contributed by atoms with Crippen molar-refractivity contribution in [2.45, 2.75) is 11.7 Å². The molecule has 0 spiro atoms. The van der Waals surface area contributed by atoms with E-state index in [1.54, 1.807) is 43.4 Å². The largest absolute Gasteiger partial charge is 0.325 e. The van der Waals surface area contributed by atoms with Gasteiger partial charge in [0.05, 0.1) is 5.69 Å². The summed E-state index contributed by atoms with van der Waals surface area (Å²) in [5, 5.41) is 5.65. The molecule has 1 saturated heterocycles. The first-order valence-electron chi connectivity index (χ1n) is 8.11. The first kappa shape index (κ1) is 19.1. The van der Waals surface area contributed by atoms with Crippen LogP contribution in [0, 0.1) is 0 Å². The van der Waals surface area contributed by atoms with Crippen LogP contribution in [-0.2, 0) is 9.59 Å². The van der Waals surface area contributed by atoms with Crippen molar-refractivity contribution in [2.75, 3.05) is 12.4 Å². The molecule has 0 saturated carbocycles. The van der Waals surface area contributed by atoms with Gasteiger partial charge in [0.15, 0.2) is 11.0 Å². The quantitative estimate of drug-likeness (QED) is 0.753. The average Bonchev–Trinajstić information content (AvgIpc) is 3.03. The molecule has 1 heterocycles. The highest BCUT2D eigenvalue weighted by molar-refractivity contribution is 8.15. The summed E-state index contributed by atoms with van der Waals surface area (Å²) in [6.45, 7) is 0. The number of rotatable bonds is 5. The number of nitrogens with zero attached hydrogens (tertiary/aromatic N) is 1. The van der Waals surface area contributed by atoms with Gasteiger partial charge in [0, 0.05) is 29.6 Å². The van der Waals surface area contributed by atoms with Crippen molar-refractivity contribution < 1.29 is 14.4 Å². The van der Waals surface area contributed by atoms with Crippen molar-refractivity contribution in [2.24, 2.45) is 4.99 Å². The third-order valence-electron chi connectivity index (χ3n) is 3.89. The number of carbonyl (C=O) groups is 3. The van der Waals surface area contributed by atoms with E-state index in [0.29, 0.717) is 27.0 Å². The van der Waals surface area contributed by atoms with Gasteiger partial charge >= 0.3 is 0 Å². The molecule has 0 aliphatic carbocycles. The minimum Gasteiger partial charge on any atom is -0.325 e. The topological polar surface area (TPSA) is 87.6 Å². The Balaban J connectivity index is 1.78. The van der Waals surface area contributed by atoms with Crippen LogP contribution in [0.3, 0.4) is 0 Å². The van der Waals surface area contributed by atoms with Gasteiger partial charge in [-0.25, -0.2) is 0 Å². The van der Waals surface area contributed by atoms with Crippen LogP contribution < -0.4 is 10.6 Å². The Hall–Kier alpha value is -2.64. The summed E-state index contributed by atoms with van der Waals surface area (Å²) in [7, 11) is 1.57. The Morgan fingerprint density at radius 3 is 2.63 bits per heavy atom. The summed E-state index contributed by atoms with van der Waals surface area (Å²) in [4.78, 5) is 41.0. The zero-order chi connectivity index (χ0) is 19.4. The van der Waals surface area contributed by atoms with E-state index < -0.39 is 5.25 Å². The molecule has 1 aliphatic rings. The monoisotopic (exact) mass is 401 g/mol. The SMILES string of the molecule is CN=C1NC(=O)[C@H](CC(=O)Nc2ccc(Cl)cc2C(=O)c2ccccc2)S1. The lowest BCUT2D eigenvalue weighted by Crippen LogP contribution is -2.28. The fraction of sp³-hybridized carbons (Fsp3) is 0.158. The predicted molar refractivity (Wildman–Crippen MR) is 107 cm³/mol. The molecule has 1 atom stereocenters. The van der Waals surface area contributed by atoms with Gasteiger partial charge in [-0.1, -0.05) is 53.7 Å². The van der Waals surface area contributed by atoms with Gasteiger partial charge in [-0.05, 0) is 18.2 Å². The van der Waals surface area contributed by atoms with E-state index >= 15 is 0 Å². The smallest absolute Gasteiger partial charge is 0.240 e. The fourth-order valence-corrected chi connectivity index (χ4v) is 3.68. The Labute approximate surface area is 165 Å². The van der Waals surface area contributed by atoms with Crippen LogP contribution in [0.4, 0.5) is 5.69 Å². The lowest BCUT2D eigenvalue weighted by Gasteiger charge is -2.12. The number of nitrogens with one attached hydrogen (secondary N) is 2. The van der Waals surface area contributed by atoms with Crippen LogP contribution in [0.25, 0.3) is 0 Å². The normalized spacial score (nSPS) is 17.6. The number of amides is 2. The molecular weight excluding hydrogens is 386 g/mol. The molecule has 2 N–H and O–H groups in total. The van der Waals surface area contributed by atoms with Crippen LogP contribution in [0.1, 0.15) is 22.3 Å². The zero-order valence-corrected chi connectivity index (χ0v) is 15.9. The Morgan fingerprint density at radius 2 is 1.96 bits per heavy atom. The van der Waals surface area contributed by atoms with Crippen molar-refractivity contribution in [3.63, 3.8) is 0 Å². The molecule has 0 bridgehead atoms. The van der Waals surface area contributed by atoms with Crippen molar-refractivity contribution in [1.29, 1.82) is 0 Å². The third-order valence-corrected chi connectivity index (χ3v) is 5.29. The number of anilines is 1. The first-order valence-corrected chi connectivity index (χ1v) is 9.37. The highest BCUT2D eigenvalue weighted by atomic mass is 35.5. The van der Waals surface area contributed by atoms with Gasteiger partial charge in [-0.3, -0.25) is 19.4 Å². The summed E-state index contributed by atoms with van der Waals surface area (Å²) in [5.41, 5.74) is 1.14. The van der Waals surface area contributed by atoms with Crippen molar-refractivity contribution >= 4 is 51.8 Å². The molecule has 3 rings (SSSR count). The molecule has 0 unspecified atom stereocenters. The zero-order valence-electron chi connectivity index (χ0n) is 14.4. The summed E-state index contributed by atoms with van der Waals surface area (Å²) in [5.74, 6) is -0.876. The molecule has 138 valence electrons. The number of thioether (sulfide) groups is 1. The third kappa shape index (κ3) is 4.56. The molecule has 2 aromatic carbocycles. The molecule has 8 heteroatoms. The Kier molecular flexibility index (Phi) is 5.93. The van der Waals surface area contributed by atoms with E-state index in [1.807, 2.05) is 6.07 Å². The fourth-order valence-electron chi connectivity index (χ4n) is 2.57. The lowest BCUT2D eigenvalue weighted by molar-refractivity contribution is -0.122. The molecular formula is C19H16ClN3O3S. The number of amidine groups is 1. The summed E-state index contributed by atoms with van der Waals surface area (Å²) in [6, 6.07) is 13.4. The summed E-state index contributed by atoms with van der Waals surface area (Å²) in [6.07, 6.45) is -0.0306. The van der Waals surface area contributed by atoms with E-state index in [2.05, 4.69) is 15.6 Å². The number of ketones is 1. The summed E-state index contributed by atoms with van der Waals surface area (Å²) < 4.78 is 0. The number of carbonyl (C=O) groups excluding carboxylic acids is 3. The van der Waals surface area contributed by atoms with Crippen molar-refractivity contribution in [3.05, 3.63) is 64.7 Å². The van der Waals surface area contributed by atoms with E-state index in [4.69, 9.17) is 11.6 Å². The summed E-state index contributed by atoms with van der Waals surface area (Å²) >= 11 is 7.25. The van der Waals surface area contributed by atoms with Crippen molar-refractivity contribution in [3.8, 4) is 0 Å². The maximum Gasteiger partial charge on any atom is 0.240 e. The number of benzene rings is 2. The molecule has 2 aromatic rings. The number of halogens is 1. The molecule has 27 heavy (non-hydrogen) atoms. The molecule has 0 radical (unpaired) electrons. The number of aliphatic imine (C=N–C) groups is 1. The maximum absolute atomic E-state index is 12.8. The van der Waals surface area contributed by atoms with Gasteiger partial charge < -0.3 is 10.6 Å². The van der Waals surface area contributed by atoms with Gasteiger partial charge in [0.25, 0.3) is 0 Å². The second-order valence-electron chi connectivity index (χ2n) is 5.76. The van der Waals surface area contributed by atoms with E-state index in [0.717, 1.165) is 0 Å². The molecule has 1 aliphatic heterocycles. The Bertz CT molecular complexity index is 931. The maximum atomic E-state index is 12.8. The van der Waals surface area contributed by atoms with Crippen molar-refractivity contribution in [1.82, 2.24) is 5.32 Å². The lowest BCUT2D eigenvalue weighted by atomic mass is 10.0. The standard InChI is InChI=1S/C19H16ClN3O3S/c1-21-19-23-18(26)15(27-19)10-16(24)22-14-8-7-12(20)9-13(14)17(25)11-5-3-2-4-6-11/h2-9,15H,10H2,1H3,(H,22,24)(H,21,23,26)/t15-/m0/s1. The second-order valence-corrected chi connectivity index (χ2v) is 7.39. The second kappa shape index (κ2) is 8.37. The van der Waals surface area contributed by atoms with Crippen LogP contribution >= 0.6 is 23.4 Å². The van der Waals surface area contributed by atoms with Crippen LogP contribution in [0.15, 0.2) is 53.5 Å². The molecule has 2 amide bonds. The van der Waals surface area contributed by atoms with Gasteiger partial charge in [0.1, 0.15) is 5.25 Å². The van der Waals surface area contributed by atoms with Crippen LogP contribution in [0.2, 0.25) is 5.02 Å². The van der Waals surface area contributed by atoms with Gasteiger partial charge in [0.2, 0.25) is 11.8 Å².